The van der Waals surface area contributed by atoms with Crippen LogP contribution in [0.1, 0.15) is 16.7 Å². The second-order valence-electron chi connectivity index (χ2n) is 5.46. The Morgan fingerprint density at radius 3 is 1.77 bits per heavy atom. The Morgan fingerprint density at radius 2 is 1.14 bits per heavy atom. The molecule has 22 heavy (non-hydrogen) atoms. The Hall–Kier alpha value is -2.80. The van der Waals surface area contributed by atoms with Crippen molar-refractivity contribution in [2.24, 2.45) is 0 Å². The van der Waals surface area contributed by atoms with Crippen LogP contribution < -0.4 is 4.74 Å². The second-order valence-corrected chi connectivity index (χ2v) is 5.46. The molecule has 3 aromatic rings. The molecular weight excluding hydrogens is 268 g/mol. The van der Waals surface area contributed by atoms with E-state index in [9.17, 15) is 0 Å². The Kier molecular flexibility index (Phi) is 3.05. The standard InChI is InChI=1S/C21H16O/c1-3-9-17(10-4-1)21(18-11-5-2-6-12-18)15-16-22-20-14-8-7-13-19(20)21/h1-16H. The molecule has 0 atom stereocenters. The van der Waals surface area contributed by atoms with Crippen LogP contribution in [0.3, 0.4) is 0 Å². The van der Waals surface area contributed by atoms with Crippen molar-refractivity contribution in [2.75, 3.05) is 0 Å². The number of para-hydroxylation sites is 1. The van der Waals surface area contributed by atoms with Gasteiger partial charge in [0.2, 0.25) is 0 Å². The van der Waals surface area contributed by atoms with Crippen LogP contribution in [0.5, 0.6) is 5.75 Å². The molecule has 0 saturated heterocycles. The van der Waals surface area contributed by atoms with Crippen molar-refractivity contribution in [3.8, 4) is 5.75 Å². The molecule has 0 aromatic heterocycles. The quantitative estimate of drug-likeness (QED) is 0.648. The van der Waals surface area contributed by atoms with Crippen LogP contribution in [-0.2, 0) is 5.41 Å². The zero-order valence-corrected chi connectivity index (χ0v) is 12.1. The Labute approximate surface area is 130 Å². The van der Waals surface area contributed by atoms with E-state index in [2.05, 4.69) is 78.9 Å². The predicted octanol–water partition coefficient (Wildman–Crippen LogP) is 4.93. The maximum atomic E-state index is 5.74. The first-order chi connectivity index (χ1) is 10.9. The SMILES string of the molecule is C1=CC(c2ccccc2)(c2ccccc2)c2ccccc2O1. The number of benzene rings is 3. The highest BCUT2D eigenvalue weighted by Gasteiger charge is 2.38. The molecule has 0 aliphatic carbocycles. The van der Waals surface area contributed by atoms with Gasteiger partial charge in [-0.2, -0.15) is 0 Å². The number of hydrogen-bond acceptors (Lipinski definition) is 1. The molecule has 3 aromatic carbocycles. The van der Waals surface area contributed by atoms with Crippen molar-refractivity contribution in [1.29, 1.82) is 0 Å². The molecule has 0 spiro atoms. The number of ether oxygens (including phenoxy) is 1. The average molecular weight is 284 g/mol. The van der Waals surface area contributed by atoms with Gasteiger partial charge in [0.25, 0.3) is 0 Å². The van der Waals surface area contributed by atoms with Crippen LogP contribution in [0.2, 0.25) is 0 Å². The third-order valence-corrected chi connectivity index (χ3v) is 4.28. The highest BCUT2D eigenvalue weighted by atomic mass is 16.5. The summed E-state index contributed by atoms with van der Waals surface area (Å²) in [6, 6.07) is 29.4. The van der Waals surface area contributed by atoms with Crippen LogP contribution in [-0.4, -0.2) is 0 Å². The number of rotatable bonds is 2. The fourth-order valence-electron chi connectivity index (χ4n) is 3.27. The van der Waals surface area contributed by atoms with Crippen molar-refractivity contribution in [2.45, 2.75) is 5.41 Å². The summed E-state index contributed by atoms with van der Waals surface area (Å²) >= 11 is 0. The van der Waals surface area contributed by atoms with Gasteiger partial charge in [0, 0.05) is 5.56 Å². The van der Waals surface area contributed by atoms with Gasteiger partial charge < -0.3 is 4.74 Å². The van der Waals surface area contributed by atoms with E-state index in [1.807, 2.05) is 18.4 Å². The summed E-state index contributed by atoms with van der Waals surface area (Å²) < 4.78 is 5.74. The minimum absolute atomic E-state index is 0.308. The summed E-state index contributed by atoms with van der Waals surface area (Å²) in [5.74, 6) is 0.915. The molecule has 1 aliphatic rings. The normalized spacial score (nSPS) is 14.9. The lowest BCUT2D eigenvalue weighted by Crippen LogP contribution is -2.29. The largest absolute Gasteiger partial charge is 0.465 e. The van der Waals surface area contributed by atoms with Crippen LogP contribution in [0, 0.1) is 0 Å². The number of hydrogen-bond donors (Lipinski definition) is 0. The molecule has 0 N–H and O–H groups in total. The van der Waals surface area contributed by atoms with Crippen molar-refractivity contribution in [3.63, 3.8) is 0 Å². The molecule has 0 amide bonds. The van der Waals surface area contributed by atoms with Gasteiger partial charge in [-0.15, -0.1) is 0 Å². The fourth-order valence-corrected chi connectivity index (χ4v) is 3.27. The van der Waals surface area contributed by atoms with Gasteiger partial charge in [0.15, 0.2) is 0 Å². The first-order valence-corrected chi connectivity index (χ1v) is 7.46. The van der Waals surface area contributed by atoms with E-state index in [4.69, 9.17) is 4.74 Å². The van der Waals surface area contributed by atoms with E-state index in [0.717, 1.165) is 5.75 Å². The zero-order valence-electron chi connectivity index (χ0n) is 12.1. The highest BCUT2D eigenvalue weighted by Crippen LogP contribution is 2.46. The first kappa shape index (κ1) is 12.9. The van der Waals surface area contributed by atoms with Crippen LogP contribution in [0.15, 0.2) is 97.3 Å². The minimum atomic E-state index is -0.308. The monoisotopic (exact) mass is 284 g/mol. The third kappa shape index (κ3) is 1.86. The molecule has 0 unspecified atom stereocenters. The lowest BCUT2D eigenvalue weighted by molar-refractivity contribution is 0.444. The number of fused-ring (bicyclic) bond motifs is 1. The van der Waals surface area contributed by atoms with Gasteiger partial charge in [-0.25, -0.2) is 0 Å². The molecule has 4 rings (SSSR count). The van der Waals surface area contributed by atoms with Crippen molar-refractivity contribution >= 4 is 0 Å². The van der Waals surface area contributed by atoms with E-state index < -0.39 is 0 Å². The topological polar surface area (TPSA) is 9.23 Å². The minimum Gasteiger partial charge on any atom is -0.465 e. The van der Waals surface area contributed by atoms with Crippen LogP contribution in [0.25, 0.3) is 0 Å². The van der Waals surface area contributed by atoms with Crippen LogP contribution >= 0.6 is 0 Å². The summed E-state index contributed by atoms with van der Waals surface area (Å²) in [7, 11) is 0. The summed E-state index contributed by atoms with van der Waals surface area (Å²) in [4.78, 5) is 0. The van der Waals surface area contributed by atoms with Gasteiger partial charge in [0.1, 0.15) is 5.75 Å². The Balaban J connectivity index is 2.07. The smallest absolute Gasteiger partial charge is 0.131 e. The molecular formula is C21H16O. The lowest BCUT2D eigenvalue weighted by Gasteiger charge is -2.36. The zero-order chi connectivity index (χ0) is 14.8. The second kappa shape index (κ2) is 5.19. The van der Waals surface area contributed by atoms with Gasteiger partial charge in [-0.05, 0) is 23.3 Å². The molecule has 1 nitrogen and oxygen atoms in total. The molecule has 1 heterocycles. The van der Waals surface area contributed by atoms with Crippen molar-refractivity contribution in [1.82, 2.24) is 0 Å². The molecule has 0 saturated carbocycles. The van der Waals surface area contributed by atoms with E-state index >= 15 is 0 Å². The summed E-state index contributed by atoms with van der Waals surface area (Å²) in [5.41, 5.74) is 3.36. The maximum Gasteiger partial charge on any atom is 0.131 e. The third-order valence-electron chi connectivity index (χ3n) is 4.28. The molecule has 0 bridgehead atoms. The van der Waals surface area contributed by atoms with Gasteiger partial charge in [0.05, 0.1) is 11.7 Å². The van der Waals surface area contributed by atoms with E-state index in [1.54, 1.807) is 0 Å². The van der Waals surface area contributed by atoms with Gasteiger partial charge in [-0.3, -0.25) is 0 Å². The molecule has 0 fully saturated rings. The summed E-state index contributed by atoms with van der Waals surface area (Å²) in [6.07, 6.45) is 3.96. The first-order valence-electron chi connectivity index (χ1n) is 7.46. The van der Waals surface area contributed by atoms with E-state index in [0.29, 0.717) is 0 Å². The van der Waals surface area contributed by atoms with Gasteiger partial charge >= 0.3 is 0 Å². The molecule has 106 valence electrons. The summed E-state index contributed by atoms with van der Waals surface area (Å²) in [6.45, 7) is 0. The Bertz CT molecular complexity index is 764. The van der Waals surface area contributed by atoms with E-state index in [-0.39, 0.29) is 5.41 Å². The highest BCUT2D eigenvalue weighted by molar-refractivity contribution is 5.60. The molecule has 1 heteroatoms. The summed E-state index contributed by atoms with van der Waals surface area (Å²) in [5, 5.41) is 0. The fraction of sp³-hybridized carbons (Fsp3) is 0.0476. The number of allylic oxidation sites excluding steroid dienone is 1. The van der Waals surface area contributed by atoms with Crippen molar-refractivity contribution < 1.29 is 4.74 Å². The van der Waals surface area contributed by atoms with E-state index in [1.165, 1.54) is 16.7 Å². The predicted molar refractivity (Wildman–Crippen MR) is 89.0 cm³/mol. The van der Waals surface area contributed by atoms with Crippen LogP contribution in [0.4, 0.5) is 0 Å². The Morgan fingerprint density at radius 1 is 0.591 bits per heavy atom. The lowest BCUT2D eigenvalue weighted by atomic mass is 9.68. The maximum absolute atomic E-state index is 5.74. The van der Waals surface area contributed by atoms with Gasteiger partial charge in [-0.1, -0.05) is 78.9 Å². The molecule has 0 radical (unpaired) electrons. The molecule has 1 aliphatic heterocycles. The van der Waals surface area contributed by atoms with Crippen molar-refractivity contribution in [3.05, 3.63) is 114 Å². The average Bonchev–Trinajstić information content (AvgIpc) is 2.63.